The molecule has 1 nitrogen and oxygen atoms in total. The summed E-state index contributed by atoms with van der Waals surface area (Å²) in [7, 11) is 0. The van der Waals surface area contributed by atoms with Gasteiger partial charge in [0.15, 0.2) is 0 Å². The lowest BCUT2D eigenvalue weighted by atomic mass is 9.62. The first-order chi connectivity index (χ1) is 8.08. The molecule has 3 heteroatoms. The van der Waals surface area contributed by atoms with Crippen LogP contribution in [0.3, 0.4) is 0 Å². The lowest BCUT2D eigenvalue weighted by Crippen LogP contribution is -2.49. The van der Waals surface area contributed by atoms with Crippen LogP contribution in [0.1, 0.15) is 38.5 Å². The minimum Gasteiger partial charge on any atom is -0.198 e. The van der Waals surface area contributed by atoms with Crippen molar-refractivity contribution in [2.24, 2.45) is 5.92 Å². The highest BCUT2D eigenvalue weighted by Gasteiger charge is 2.54. The van der Waals surface area contributed by atoms with Gasteiger partial charge in [-0.3, -0.25) is 0 Å². The number of rotatable bonds is 0. The molecule has 0 aromatic heterocycles. The Balaban J connectivity index is 2.15. The summed E-state index contributed by atoms with van der Waals surface area (Å²) in [6.45, 7) is 0. The van der Waals surface area contributed by atoms with Crippen molar-refractivity contribution >= 4 is 23.2 Å². The number of nitrogens with zero attached hydrogens (tertiary/aromatic N) is 1. The zero-order valence-corrected chi connectivity index (χ0v) is 11.2. The Hall–Kier alpha value is -0.450. The van der Waals surface area contributed by atoms with Crippen LogP contribution < -0.4 is 0 Å². The van der Waals surface area contributed by atoms with Gasteiger partial charge in [-0.15, -0.1) is 23.2 Å². The zero-order valence-electron chi connectivity index (χ0n) is 9.68. The average molecular weight is 268 g/mol. The van der Waals surface area contributed by atoms with Crippen LogP contribution in [-0.2, 0) is 0 Å². The van der Waals surface area contributed by atoms with Gasteiger partial charge in [-0.05, 0) is 43.3 Å². The lowest BCUT2D eigenvalue weighted by Gasteiger charge is -2.49. The first kappa shape index (κ1) is 11.6. The number of halogens is 2. The Bertz CT molecular complexity index is 431. The Kier molecular flexibility index (Phi) is 2.58. The van der Waals surface area contributed by atoms with Gasteiger partial charge in [-0.1, -0.05) is 18.6 Å². The third kappa shape index (κ3) is 1.58. The van der Waals surface area contributed by atoms with E-state index in [1.54, 1.807) is 0 Å². The van der Waals surface area contributed by atoms with E-state index in [0.29, 0.717) is 6.42 Å². The second-order valence-electron chi connectivity index (χ2n) is 5.42. The zero-order chi connectivity index (χ0) is 12.1. The van der Waals surface area contributed by atoms with Crippen molar-refractivity contribution < 1.29 is 0 Å². The van der Waals surface area contributed by atoms with Gasteiger partial charge in [0, 0.05) is 0 Å². The van der Waals surface area contributed by atoms with E-state index in [4.69, 9.17) is 23.2 Å². The standard InChI is InChI=1S/C14H15Cl2N/c15-13-6-10-4-2-1-3-5-11(7-13)14(10,16)12(8-13)9-17/h6-7,12H,1-5,8H2/t12-,13?,14?/m1/s1. The summed E-state index contributed by atoms with van der Waals surface area (Å²) in [5.74, 6) is -0.167. The molecule has 1 fully saturated rings. The van der Waals surface area contributed by atoms with Crippen molar-refractivity contribution in [3.8, 4) is 6.07 Å². The largest absolute Gasteiger partial charge is 0.198 e. The molecule has 4 rings (SSSR count). The maximum Gasteiger partial charge on any atom is 0.102 e. The fourth-order valence-electron chi connectivity index (χ4n) is 3.51. The number of allylic oxidation sites excluding steroid dienone is 4. The number of nitriles is 1. The third-order valence-electron chi connectivity index (χ3n) is 4.31. The average Bonchev–Trinajstić information content (AvgIpc) is 2.29. The predicted octanol–water partition coefficient (Wildman–Crippen LogP) is 4.32. The van der Waals surface area contributed by atoms with Crippen molar-refractivity contribution in [1.29, 1.82) is 5.26 Å². The third-order valence-corrected chi connectivity index (χ3v) is 5.43. The molecule has 0 aromatic rings. The van der Waals surface area contributed by atoms with Crippen LogP contribution in [0.2, 0.25) is 0 Å². The molecule has 0 N–H and O–H groups in total. The Morgan fingerprint density at radius 1 is 1.12 bits per heavy atom. The smallest absolute Gasteiger partial charge is 0.102 e. The molecule has 4 bridgehead atoms. The van der Waals surface area contributed by atoms with Crippen LogP contribution in [0.4, 0.5) is 0 Å². The van der Waals surface area contributed by atoms with Gasteiger partial charge in [-0.2, -0.15) is 5.26 Å². The Labute approximate surface area is 112 Å². The number of hydrogen-bond donors (Lipinski definition) is 0. The molecule has 1 saturated carbocycles. The maximum atomic E-state index is 9.36. The second kappa shape index (κ2) is 3.77. The van der Waals surface area contributed by atoms with Crippen molar-refractivity contribution in [3.63, 3.8) is 0 Å². The molecule has 4 aliphatic carbocycles. The monoisotopic (exact) mass is 267 g/mol. The van der Waals surface area contributed by atoms with Crippen molar-refractivity contribution in [3.05, 3.63) is 23.3 Å². The fraction of sp³-hybridized carbons (Fsp3) is 0.643. The molecule has 0 amide bonds. The van der Waals surface area contributed by atoms with Crippen LogP contribution in [0.15, 0.2) is 23.3 Å². The molecule has 0 aromatic carbocycles. The summed E-state index contributed by atoms with van der Waals surface area (Å²) in [5.41, 5.74) is 2.40. The van der Waals surface area contributed by atoms with Gasteiger partial charge in [0.2, 0.25) is 0 Å². The van der Waals surface area contributed by atoms with E-state index in [1.165, 1.54) is 30.4 Å². The van der Waals surface area contributed by atoms with Crippen LogP contribution in [-0.4, -0.2) is 9.75 Å². The summed E-state index contributed by atoms with van der Waals surface area (Å²) in [6.07, 6.45) is 10.4. The van der Waals surface area contributed by atoms with E-state index in [1.807, 2.05) is 0 Å². The van der Waals surface area contributed by atoms with Crippen molar-refractivity contribution in [2.45, 2.75) is 48.3 Å². The molecule has 0 saturated heterocycles. The second-order valence-corrected chi connectivity index (χ2v) is 6.72. The molecule has 0 unspecified atom stereocenters. The van der Waals surface area contributed by atoms with Gasteiger partial charge >= 0.3 is 0 Å². The van der Waals surface area contributed by atoms with E-state index >= 15 is 0 Å². The summed E-state index contributed by atoms with van der Waals surface area (Å²) >= 11 is 13.5. The summed E-state index contributed by atoms with van der Waals surface area (Å²) < 4.78 is 0. The highest BCUT2D eigenvalue weighted by molar-refractivity contribution is 6.32. The first-order valence-corrected chi connectivity index (χ1v) is 7.06. The van der Waals surface area contributed by atoms with Crippen molar-refractivity contribution in [2.75, 3.05) is 0 Å². The van der Waals surface area contributed by atoms with Gasteiger partial charge in [0.25, 0.3) is 0 Å². The maximum absolute atomic E-state index is 9.36. The van der Waals surface area contributed by atoms with E-state index in [9.17, 15) is 5.26 Å². The fourth-order valence-corrected chi connectivity index (χ4v) is 4.35. The summed E-state index contributed by atoms with van der Waals surface area (Å²) in [4.78, 5) is -0.981. The molecule has 1 atom stereocenters. The van der Waals surface area contributed by atoms with Crippen LogP contribution in [0.25, 0.3) is 0 Å². The van der Waals surface area contributed by atoms with Crippen molar-refractivity contribution in [1.82, 2.24) is 0 Å². The number of alkyl halides is 2. The molecule has 17 heavy (non-hydrogen) atoms. The lowest BCUT2D eigenvalue weighted by molar-refractivity contribution is 0.397. The highest BCUT2D eigenvalue weighted by atomic mass is 35.5. The summed E-state index contributed by atoms with van der Waals surface area (Å²) in [5, 5.41) is 9.36. The van der Waals surface area contributed by atoms with Crippen LogP contribution in [0.5, 0.6) is 0 Å². The van der Waals surface area contributed by atoms with Gasteiger partial charge < -0.3 is 0 Å². The molecule has 0 spiro atoms. The molecule has 0 heterocycles. The first-order valence-electron chi connectivity index (χ1n) is 6.30. The van der Waals surface area contributed by atoms with Crippen LogP contribution >= 0.6 is 23.2 Å². The van der Waals surface area contributed by atoms with E-state index in [-0.39, 0.29) is 5.92 Å². The predicted molar refractivity (Wildman–Crippen MR) is 70.1 cm³/mol. The van der Waals surface area contributed by atoms with E-state index in [2.05, 4.69) is 18.2 Å². The highest BCUT2D eigenvalue weighted by Crippen LogP contribution is 2.58. The minimum atomic E-state index is -0.536. The molecule has 4 aliphatic rings. The SMILES string of the molecule is N#C[C@H]1CC2(Cl)C=C3CCCCCC(=C2)C31Cl. The molecule has 0 radical (unpaired) electrons. The van der Waals surface area contributed by atoms with Gasteiger partial charge in [-0.25, -0.2) is 0 Å². The normalized spacial score (nSPS) is 44.2. The number of fused-ring (bicyclic) bond motifs is 1. The summed E-state index contributed by atoms with van der Waals surface area (Å²) in [6, 6.07) is 2.38. The molecule has 0 aliphatic heterocycles. The minimum absolute atomic E-state index is 0.167. The molecular formula is C14H15Cl2N. The van der Waals surface area contributed by atoms with Gasteiger partial charge in [0.1, 0.15) is 4.87 Å². The Morgan fingerprint density at radius 2 is 1.71 bits per heavy atom. The van der Waals surface area contributed by atoms with Crippen LogP contribution in [0, 0.1) is 17.2 Å². The quantitative estimate of drug-likeness (QED) is 0.474. The molecule has 90 valence electrons. The Morgan fingerprint density at radius 3 is 2.24 bits per heavy atom. The number of hydrogen-bond acceptors (Lipinski definition) is 1. The molecular weight excluding hydrogens is 253 g/mol. The van der Waals surface area contributed by atoms with E-state index < -0.39 is 9.75 Å². The van der Waals surface area contributed by atoms with Gasteiger partial charge in [0.05, 0.1) is 16.9 Å². The van der Waals surface area contributed by atoms with E-state index in [0.717, 1.165) is 12.8 Å². The topological polar surface area (TPSA) is 23.8 Å².